The van der Waals surface area contributed by atoms with Gasteiger partial charge in [-0.05, 0) is 0 Å². The van der Waals surface area contributed by atoms with E-state index in [1.807, 2.05) is 0 Å². The van der Waals surface area contributed by atoms with Crippen molar-refractivity contribution in [2.75, 3.05) is 0 Å². The average Bonchev–Trinajstić information content (AvgIpc) is 1.16. The standard InChI is InChI=1S/C2H2N2O3S/c5-8(6,7)2-1-3-4-2/h1H,(H,5,6,7). The first-order chi connectivity index (χ1) is 3.61. The molecule has 0 spiro atoms. The van der Waals surface area contributed by atoms with Crippen LogP contribution in [0.15, 0.2) is 10.2 Å². The smallest absolute Gasteiger partial charge is 0.281 e. The van der Waals surface area contributed by atoms with E-state index < -0.39 is 10.1 Å². The van der Waals surface area contributed by atoms with Gasteiger partial charge in [0.15, 0.2) is 0 Å². The van der Waals surface area contributed by atoms with Crippen molar-refractivity contribution in [3.8, 4) is 0 Å². The highest BCUT2D eigenvalue weighted by Crippen LogP contribution is 1.95. The summed E-state index contributed by atoms with van der Waals surface area (Å²) in [6.45, 7) is 0. The fraction of sp³-hybridized carbons (Fsp3) is 0. The molecule has 0 fully saturated rings. The first kappa shape index (κ1) is 5.39. The third kappa shape index (κ3) is 0.749. The van der Waals surface area contributed by atoms with Crippen LogP contribution in [0.3, 0.4) is 0 Å². The lowest BCUT2D eigenvalue weighted by Gasteiger charge is -1.96. The van der Waals surface area contributed by atoms with Gasteiger partial charge in [-0.15, -0.1) is 5.10 Å². The van der Waals surface area contributed by atoms with Crippen LogP contribution >= 0.6 is 0 Å². The zero-order valence-corrected chi connectivity index (χ0v) is 4.46. The van der Waals surface area contributed by atoms with Crippen molar-refractivity contribution >= 4 is 21.4 Å². The predicted octanol–water partition coefficient (Wildman–Crippen LogP) is -0.728. The molecule has 6 heteroatoms. The summed E-state index contributed by atoms with van der Waals surface area (Å²) in [7, 11) is -4.07. The van der Waals surface area contributed by atoms with Crippen molar-refractivity contribution in [1.29, 1.82) is 0 Å². The lowest BCUT2D eigenvalue weighted by molar-refractivity contribution is 0.498. The maximum Gasteiger partial charge on any atom is 0.315 e. The van der Waals surface area contributed by atoms with Gasteiger partial charge < -0.3 is 0 Å². The molecule has 8 heavy (non-hydrogen) atoms. The summed E-state index contributed by atoms with van der Waals surface area (Å²) in [5.41, 5.74) is 0. The summed E-state index contributed by atoms with van der Waals surface area (Å²) in [4.78, 5) is 0. The van der Waals surface area contributed by atoms with Gasteiger partial charge in [0.25, 0.3) is 0 Å². The second-order valence-corrected chi connectivity index (χ2v) is 2.53. The van der Waals surface area contributed by atoms with Crippen LogP contribution in [0.25, 0.3) is 0 Å². The summed E-state index contributed by atoms with van der Waals surface area (Å²) in [6.07, 6.45) is 0.968. The molecular weight excluding hydrogens is 132 g/mol. The van der Waals surface area contributed by atoms with E-state index in [9.17, 15) is 8.42 Å². The van der Waals surface area contributed by atoms with Gasteiger partial charge in [-0.2, -0.15) is 13.5 Å². The maximum absolute atomic E-state index is 9.95. The minimum Gasteiger partial charge on any atom is -0.281 e. The van der Waals surface area contributed by atoms with Crippen LogP contribution in [0, 0.1) is 0 Å². The van der Waals surface area contributed by atoms with Gasteiger partial charge in [0.05, 0.1) is 6.21 Å². The van der Waals surface area contributed by atoms with Crippen LogP contribution in [0.2, 0.25) is 0 Å². The van der Waals surface area contributed by atoms with Crippen molar-refractivity contribution in [2.24, 2.45) is 10.2 Å². The summed E-state index contributed by atoms with van der Waals surface area (Å²) < 4.78 is 28.0. The second kappa shape index (κ2) is 1.36. The van der Waals surface area contributed by atoms with E-state index in [1.54, 1.807) is 0 Å². The SMILES string of the molecule is O=S(=O)(O)C1=NN=C1. The summed E-state index contributed by atoms with van der Waals surface area (Å²) in [6, 6.07) is 0. The molecular formula is C2H2N2O3S. The molecule has 0 radical (unpaired) electrons. The van der Waals surface area contributed by atoms with Crippen LogP contribution in [0.1, 0.15) is 0 Å². The molecule has 0 bridgehead atoms. The summed E-state index contributed by atoms with van der Waals surface area (Å²) >= 11 is 0. The fourth-order valence-corrected chi connectivity index (χ4v) is 0.554. The highest BCUT2D eigenvalue weighted by Gasteiger charge is 2.17. The van der Waals surface area contributed by atoms with E-state index in [0.29, 0.717) is 0 Å². The Hall–Kier alpha value is -0.750. The first-order valence-corrected chi connectivity index (χ1v) is 3.13. The van der Waals surface area contributed by atoms with Gasteiger partial charge >= 0.3 is 10.1 Å². The lowest BCUT2D eigenvalue weighted by atomic mass is 10.8. The Bertz CT molecular complexity index is 248. The van der Waals surface area contributed by atoms with Crippen molar-refractivity contribution in [2.45, 2.75) is 0 Å². The van der Waals surface area contributed by atoms with Crippen LogP contribution in [0.5, 0.6) is 0 Å². The molecule has 0 aromatic carbocycles. The normalized spacial score (nSPS) is 17.4. The van der Waals surface area contributed by atoms with E-state index in [1.165, 1.54) is 0 Å². The van der Waals surface area contributed by atoms with Gasteiger partial charge in [-0.1, -0.05) is 0 Å². The van der Waals surface area contributed by atoms with Crippen molar-refractivity contribution < 1.29 is 13.0 Å². The van der Waals surface area contributed by atoms with Crippen LogP contribution in [0.4, 0.5) is 0 Å². The molecule has 1 heterocycles. The molecule has 0 aliphatic carbocycles. The third-order valence-electron chi connectivity index (χ3n) is 0.589. The molecule has 1 N–H and O–H groups in total. The highest BCUT2D eigenvalue weighted by atomic mass is 32.2. The number of rotatable bonds is 0. The third-order valence-corrected chi connectivity index (χ3v) is 1.30. The van der Waals surface area contributed by atoms with E-state index in [4.69, 9.17) is 4.55 Å². The molecule has 0 aromatic heterocycles. The molecule has 1 rings (SSSR count). The van der Waals surface area contributed by atoms with Gasteiger partial charge in [0.2, 0.25) is 5.04 Å². The molecule has 1 aliphatic heterocycles. The van der Waals surface area contributed by atoms with Crippen molar-refractivity contribution in [3.63, 3.8) is 0 Å². The largest absolute Gasteiger partial charge is 0.315 e. The quantitative estimate of drug-likeness (QED) is 0.443. The van der Waals surface area contributed by atoms with Crippen molar-refractivity contribution in [1.82, 2.24) is 0 Å². The Morgan fingerprint density at radius 3 is 2.12 bits per heavy atom. The zero-order valence-electron chi connectivity index (χ0n) is 3.64. The average molecular weight is 134 g/mol. The van der Waals surface area contributed by atoms with Crippen LogP contribution in [-0.4, -0.2) is 24.2 Å². The Balaban J connectivity index is 2.93. The van der Waals surface area contributed by atoms with E-state index >= 15 is 0 Å². The second-order valence-electron chi connectivity index (χ2n) is 1.16. The number of nitrogens with zero attached hydrogens (tertiary/aromatic N) is 2. The number of hydrogen-bond acceptors (Lipinski definition) is 4. The fourth-order valence-electron chi connectivity index (χ4n) is 0.223. The minimum absolute atomic E-state index is 0.377. The molecule has 0 saturated carbocycles. The zero-order chi connectivity index (χ0) is 6.20. The molecule has 1 aliphatic rings. The van der Waals surface area contributed by atoms with E-state index in [0.717, 1.165) is 6.21 Å². The van der Waals surface area contributed by atoms with Crippen LogP contribution < -0.4 is 0 Å². The van der Waals surface area contributed by atoms with Gasteiger partial charge in [0, 0.05) is 0 Å². The highest BCUT2D eigenvalue weighted by molar-refractivity contribution is 8.03. The van der Waals surface area contributed by atoms with E-state index in [-0.39, 0.29) is 5.04 Å². The van der Waals surface area contributed by atoms with E-state index in [2.05, 4.69) is 10.2 Å². The Morgan fingerprint density at radius 2 is 2.12 bits per heavy atom. The van der Waals surface area contributed by atoms with Crippen LogP contribution in [-0.2, 0) is 10.1 Å². The molecule has 0 aromatic rings. The van der Waals surface area contributed by atoms with Gasteiger partial charge in [-0.25, -0.2) is 0 Å². The molecule has 0 unspecified atom stereocenters. The monoisotopic (exact) mass is 134 g/mol. The Kier molecular flexibility index (Phi) is 0.917. The topological polar surface area (TPSA) is 79.1 Å². The van der Waals surface area contributed by atoms with Crippen molar-refractivity contribution in [3.05, 3.63) is 0 Å². The number of hydrogen-bond donors (Lipinski definition) is 1. The van der Waals surface area contributed by atoms with Gasteiger partial charge in [0.1, 0.15) is 0 Å². The molecule has 0 saturated heterocycles. The molecule has 0 atom stereocenters. The molecule has 0 amide bonds. The Labute approximate surface area is 45.5 Å². The first-order valence-electron chi connectivity index (χ1n) is 1.69. The predicted molar refractivity (Wildman–Crippen MR) is 27.5 cm³/mol. The summed E-state index contributed by atoms with van der Waals surface area (Å²) in [5, 5.41) is 5.70. The van der Waals surface area contributed by atoms with Gasteiger partial charge in [-0.3, -0.25) is 4.55 Å². The maximum atomic E-state index is 9.95. The lowest BCUT2D eigenvalue weighted by Crippen LogP contribution is -2.18. The minimum atomic E-state index is -4.07. The molecule has 44 valence electrons. The molecule has 5 nitrogen and oxygen atoms in total. The Morgan fingerprint density at radius 1 is 1.62 bits per heavy atom. The summed E-state index contributed by atoms with van der Waals surface area (Å²) in [5.74, 6) is 0.